The summed E-state index contributed by atoms with van der Waals surface area (Å²) in [6.45, 7) is 6.63. The van der Waals surface area contributed by atoms with Crippen LogP contribution in [-0.4, -0.2) is 0 Å². The van der Waals surface area contributed by atoms with Crippen molar-refractivity contribution in [1.29, 1.82) is 0 Å². The minimum Gasteiger partial charge on any atom is -0.324 e. The Bertz CT molecular complexity index is 279. The normalized spacial score (nSPS) is 12.3. The number of halogens is 1. The first kappa shape index (κ1) is 15.5. The van der Waals surface area contributed by atoms with E-state index in [9.17, 15) is 0 Å². The molecule has 1 unspecified atom stereocenters. The van der Waals surface area contributed by atoms with Crippen LogP contribution in [0.3, 0.4) is 0 Å². The first-order chi connectivity index (χ1) is 7.15. The summed E-state index contributed by atoms with van der Waals surface area (Å²) >= 11 is 0. The molecule has 0 aliphatic rings. The van der Waals surface area contributed by atoms with Gasteiger partial charge in [0, 0.05) is 6.04 Å². The summed E-state index contributed by atoms with van der Waals surface area (Å²) in [5, 5.41) is 0. The second-order valence-corrected chi connectivity index (χ2v) is 4.57. The Morgan fingerprint density at radius 3 is 2.00 bits per heavy atom. The molecule has 0 amide bonds. The average Bonchev–Trinajstić information content (AvgIpc) is 2.26. The van der Waals surface area contributed by atoms with Gasteiger partial charge in [0.1, 0.15) is 0 Å². The number of nitrogens with two attached hydrogens (primary N) is 1. The Morgan fingerprint density at radius 1 is 1.06 bits per heavy atom. The van der Waals surface area contributed by atoms with Gasteiger partial charge in [-0.15, -0.1) is 12.4 Å². The lowest BCUT2D eigenvalue weighted by Gasteiger charge is -2.13. The van der Waals surface area contributed by atoms with Gasteiger partial charge >= 0.3 is 0 Å². The minimum atomic E-state index is 0. The Kier molecular flexibility index (Phi) is 7.44. The van der Waals surface area contributed by atoms with Crippen molar-refractivity contribution in [2.24, 2.45) is 5.73 Å². The van der Waals surface area contributed by atoms with Crippen molar-refractivity contribution in [3.05, 3.63) is 35.4 Å². The maximum Gasteiger partial charge on any atom is 0.0294 e. The van der Waals surface area contributed by atoms with E-state index in [-0.39, 0.29) is 18.4 Å². The molecule has 0 fully saturated rings. The predicted molar refractivity (Wildman–Crippen MR) is 74.2 cm³/mol. The monoisotopic (exact) mass is 241 g/mol. The van der Waals surface area contributed by atoms with Crippen LogP contribution in [0.25, 0.3) is 0 Å². The molecular weight excluding hydrogens is 218 g/mol. The van der Waals surface area contributed by atoms with Gasteiger partial charge in [0.05, 0.1) is 0 Å². The topological polar surface area (TPSA) is 26.0 Å². The summed E-state index contributed by atoms with van der Waals surface area (Å²) in [6.07, 6.45) is 3.53. The summed E-state index contributed by atoms with van der Waals surface area (Å²) in [5.41, 5.74) is 8.77. The second kappa shape index (κ2) is 7.70. The van der Waals surface area contributed by atoms with E-state index in [1.54, 1.807) is 0 Å². The van der Waals surface area contributed by atoms with Crippen LogP contribution in [0.15, 0.2) is 24.3 Å². The highest BCUT2D eigenvalue weighted by molar-refractivity contribution is 5.85. The van der Waals surface area contributed by atoms with E-state index in [0.29, 0.717) is 5.92 Å². The Balaban J connectivity index is 0.00000225. The van der Waals surface area contributed by atoms with Gasteiger partial charge < -0.3 is 5.73 Å². The lowest BCUT2D eigenvalue weighted by Crippen LogP contribution is -2.09. The van der Waals surface area contributed by atoms with Crippen molar-refractivity contribution in [2.45, 2.75) is 52.0 Å². The third kappa shape index (κ3) is 4.54. The smallest absolute Gasteiger partial charge is 0.0294 e. The zero-order chi connectivity index (χ0) is 11.3. The second-order valence-electron chi connectivity index (χ2n) is 4.57. The first-order valence-corrected chi connectivity index (χ1v) is 6.00. The van der Waals surface area contributed by atoms with Gasteiger partial charge in [-0.3, -0.25) is 0 Å². The number of hydrogen-bond donors (Lipinski definition) is 1. The molecule has 2 heteroatoms. The van der Waals surface area contributed by atoms with Crippen molar-refractivity contribution >= 4 is 12.4 Å². The maximum absolute atomic E-state index is 6.11. The quantitative estimate of drug-likeness (QED) is 0.811. The summed E-state index contributed by atoms with van der Waals surface area (Å²) in [7, 11) is 0. The third-order valence-electron chi connectivity index (χ3n) is 2.90. The van der Waals surface area contributed by atoms with E-state index in [2.05, 4.69) is 45.0 Å². The largest absolute Gasteiger partial charge is 0.324 e. The van der Waals surface area contributed by atoms with Crippen molar-refractivity contribution < 1.29 is 0 Å². The van der Waals surface area contributed by atoms with E-state index in [4.69, 9.17) is 5.73 Å². The summed E-state index contributed by atoms with van der Waals surface area (Å²) in [4.78, 5) is 0. The van der Waals surface area contributed by atoms with Gasteiger partial charge in [0.15, 0.2) is 0 Å². The van der Waals surface area contributed by atoms with Gasteiger partial charge in [-0.1, -0.05) is 57.9 Å². The molecule has 1 atom stereocenters. The van der Waals surface area contributed by atoms with Crippen LogP contribution >= 0.6 is 12.4 Å². The van der Waals surface area contributed by atoms with Crippen LogP contribution in [0.5, 0.6) is 0 Å². The van der Waals surface area contributed by atoms with Gasteiger partial charge in [-0.25, -0.2) is 0 Å². The highest BCUT2D eigenvalue weighted by Crippen LogP contribution is 2.20. The molecule has 0 aliphatic carbocycles. The van der Waals surface area contributed by atoms with Crippen molar-refractivity contribution in [1.82, 2.24) is 0 Å². The molecule has 1 nitrogen and oxygen atoms in total. The fraction of sp³-hybridized carbons (Fsp3) is 0.571. The molecule has 0 spiro atoms. The van der Waals surface area contributed by atoms with Gasteiger partial charge in [0.2, 0.25) is 0 Å². The molecule has 0 aromatic heterocycles. The molecule has 1 aromatic carbocycles. The molecule has 2 N–H and O–H groups in total. The zero-order valence-electron chi connectivity index (χ0n) is 10.6. The SMILES string of the molecule is CCCCC(N)c1ccc(C(C)C)cc1.Cl. The minimum absolute atomic E-state index is 0. The maximum atomic E-state index is 6.11. The average molecular weight is 242 g/mol. The summed E-state index contributed by atoms with van der Waals surface area (Å²) in [5.74, 6) is 0.603. The molecule has 1 rings (SSSR count). The predicted octanol–water partition coefficient (Wildman–Crippen LogP) is 4.42. The molecule has 16 heavy (non-hydrogen) atoms. The van der Waals surface area contributed by atoms with Gasteiger partial charge in [-0.2, -0.15) is 0 Å². The highest BCUT2D eigenvalue weighted by Gasteiger charge is 2.05. The van der Waals surface area contributed by atoms with Crippen LogP contribution in [0.1, 0.15) is 63.1 Å². The van der Waals surface area contributed by atoms with Crippen molar-refractivity contribution in [2.75, 3.05) is 0 Å². The Hall–Kier alpha value is -0.530. The number of benzene rings is 1. The van der Waals surface area contributed by atoms with Crippen LogP contribution in [-0.2, 0) is 0 Å². The third-order valence-corrected chi connectivity index (χ3v) is 2.90. The van der Waals surface area contributed by atoms with Crippen LogP contribution in [0, 0.1) is 0 Å². The van der Waals surface area contributed by atoms with E-state index in [1.807, 2.05) is 0 Å². The van der Waals surface area contributed by atoms with Gasteiger partial charge in [0.25, 0.3) is 0 Å². The van der Waals surface area contributed by atoms with Gasteiger partial charge in [-0.05, 0) is 23.5 Å². The summed E-state index contributed by atoms with van der Waals surface area (Å²) in [6, 6.07) is 8.97. The molecular formula is C14H24ClN. The highest BCUT2D eigenvalue weighted by atomic mass is 35.5. The molecule has 0 saturated heterocycles. The van der Waals surface area contributed by atoms with Crippen molar-refractivity contribution in [3.8, 4) is 0 Å². The fourth-order valence-electron chi connectivity index (χ4n) is 1.72. The molecule has 0 aliphatic heterocycles. The molecule has 0 radical (unpaired) electrons. The Labute approximate surface area is 106 Å². The summed E-state index contributed by atoms with van der Waals surface area (Å²) < 4.78 is 0. The molecule has 1 aromatic rings. The van der Waals surface area contributed by atoms with E-state index >= 15 is 0 Å². The Morgan fingerprint density at radius 2 is 1.56 bits per heavy atom. The van der Waals surface area contributed by atoms with Crippen LogP contribution in [0.2, 0.25) is 0 Å². The zero-order valence-corrected chi connectivity index (χ0v) is 11.4. The van der Waals surface area contributed by atoms with Crippen LogP contribution < -0.4 is 5.73 Å². The number of rotatable bonds is 5. The standard InChI is InChI=1S/C14H23N.ClH/c1-4-5-6-14(15)13-9-7-12(8-10-13)11(2)3;/h7-11,14H,4-6,15H2,1-3H3;1H. The number of hydrogen-bond acceptors (Lipinski definition) is 1. The lowest BCUT2D eigenvalue weighted by molar-refractivity contribution is 0.603. The molecule has 0 heterocycles. The van der Waals surface area contributed by atoms with Crippen LogP contribution in [0.4, 0.5) is 0 Å². The lowest BCUT2D eigenvalue weighted by atomic mass is 9.97. The van der Waals surface area contributed by atoms with Crippen molar-refractivity contribution in [3.63, 3.8) is 0 Å². The molecule has 0 saturated carbocycles. The van der Waals surface area contributed by atoms with E-state index < -0.39 is 0 Å². The van der Waals surface area contributed by atoms with E-state index in [0.717, 1.165) is 6.42 Å². The number of unbranched alkanes of at least 4 members (excludes halogenated alkanes) is 1. The molecule has 0 bridgehead atoms. The molecule has 92 valence electrons. The first-order valence-electron chi connectivity index (χ1n) is 6.00. The fourth-order valence-corrected chi connectivity index (χ4v) is 1.72. The van der Waals surface area contributed by atoms with E-state index in [1.165, 1.54) is 24.0 Å².